The Kier molecular flexibility index (Phi) is 4.89. The van der Waals surface area contributed by atoms with Crippen LogP contribution in [0.2, 0.25) is 0 Å². The highest BCUT2D eigenvalue weighted by Crippen LogP contribution is 2.33. The topological polar surface area (TPSA) is 56.3 Å². The van der Waals surface area contributed by atoms with E-state index in [1.165, 1.54) is 10.1 Å². The van der Waals surface area contributed by atoms with Crippen molar-refractivity contribution in [2.45, 2.75) is 6.54 Å². The molecule has 5 nitrogen and oxygen atoms in total. The number of nitrogens with zero attached hydrogens (tertiary/aromatic N) is 2. The minimum absolute atomic E-state index is 0.573. The lowest BCUT2D eigenvalue weighted by Crippen LogP contribution is -2.05. The molecule has 0 atom stereocenters. The van der Waals surface area contributed by atoms with Gasteiger partial charge in [0.15, 0.2) is 17.3 Å². The lowest BCUT2D eigenvalue weighted by Gasteiger charge is -2.13. The molecule has 0 aliphatic carbocycles. The van der Waals surface area contributed by atoms with Crippen LogP contribution < -0.4 is 14.8 Å². The van der Waals surface area contributed by atoms with Gasteiger partial charge >= 0.3 is 0 Å². The molecular weight excluding hydrogens is 358 g/mol. The summed E-state index contributed by atoms with van der Waals surface area (Å²) in [6, 6.07) is 18.1. The van der Waals surface area contributed by atoms with Crippen LogP contribution >= 0.6 is 11.3 Å². The van der Waals surface area contributed by atoms with Crippen molar-refractivity contribution in [1.29, 1.82) is 0 Å². The molecule has 0 saturated heterocycles. The van der Waals surface area contributed by atoms with E-state index in [0.717, 1.165) is 27.8 Å². The van der Waals surface area contributed by atoms with E-state index < -0.39 is 0 Å². The van der Waals surface area contributed by atoms with Crippen molar-refractivity contribution in [3.63, 3.8) is 0 Å². The summed E-state index contributed by atoms with van der Waals surface area (Å²) in [6.45, 7) is 0.573. The number of hydrogen-bond acceptors (Lipinski definition) is 6. The first-order chi connectivity index (χ1) is 13.3. The third-order valence-electron chi connectivity index (χ3n) is 4.25. The molecule has 0 fully saturated rings. The summed E-state index contributed by atoms with van der Waals surface area (Å²) >= 11 is 1.70. The summed E-state index contributed by atoms with van der Waals surface area (Å²) in [4.78, 5) is 10.2. The molecule has 0 saturated carbocycles. The van der Waals surface area contributed by atoms with Crippen molar-refractivity contribution < 1.29 is 9.47 Å². The third kappa shape index (κ3) is 3.57. The second-order valence-electron chi connectivity index (χ2n) is 5.92. The molecule has 0 aliphatic rings. The van der Waals surface area contributed by atoms with Gasteiger partial charge in [0.2, 0.25) is 0 Å². The van der Waals surface area contributed by atoms with Crippen LogP contribution in [0.15, 0.2) is 60.8 Å². The highest BCUT2D eigenvalue weighted by molar-refractivity contribution is 7.22. The molecule has 2 aromatic heterocycles. The molecule has 136 valence electrons. The molecule has 2 heterocycles. The number of ether oxygens (including phenoxy) is 2. The molecule has 2 aromatic carbocycles. The van der Waals surface area contributed by atoms with Crippen LogP contribution in [0, 0.1) is 0 Å². The van der Waals surface area contributed by atoms with E-state index in [0.29, 0.717) is 12.3 Å². The second kappa shape index (κ2) is 7.63. The normalized spacial score (nSPS) is 10.7. The Hall–Kier alpha value is -3.12. The number of rotatable bonds is 6. The molecule has 4 rings (SSSR count). The Morgan fingerprint density at radius 3 is 2.70 bits per heavy atom. The summed E-state index contributed by atoms with van der Waals surface area (Å²) in [6.07, 6.45) is 1.78. The summed E-state index contributed by atoms with van der Waals surface area (Å²) in [5.74, 6) is 2.93. The molecule has 0 amide bonds. The van der Waals surface area contributed by atoms with Gasteiger partial charge in [-0.1, -0.05) is 30.3 Å². The minimum Gasteiger partial charge on any atom is -0.493 e. The smallest absolute Gasteiger partial charge is 0.171 e. The first-order valence-corrected chi connectivity index (χ1v) is 9.36. The van der Waals surface area contributed by atoms with Gasteiger partial charge in [-0.2, -0.15) is 0 Å². The van der Waals surface area contributed by atoms with Gasteiger partial charge in [-0.25, -0.2) is 9.97 Å². The van der Waals surface area contributed by atoms with E-state index in [4.69, 9.17) is 9.47 Å². The molecule has 1 N–H and O–H groups in total. The molecule has 27 heavy (non-hydrogen) atoms. The molecule has 4 aromatic rings. The summed E-state index contributed by atoms with van der Waals surface area (Å²) in [7, 11) is 3.28. The van der Waals surface area contributed by atoms with Crippen molar-refractivity contribution in [2.24, 2.45) is 0 Å². The maximum absolute atomic E-state index is 5.49. The fourth-order valence-electron chi connectivity index (χ4n) is 2.95. The van der Waals surface area contributed by atoms with E-state index in [-0.39, 0.29) is 0 Å². The van der Waals surface area contributed by atoms with E-state index in [1.807, 2.05) is 36.4 Å². The number of anilines is 1. The van der Waals surface area contributed by atoms with Gasteiger partial charge in [0, 0.05) is 23.0 Å². The number of hydrogen-bond donors (Lipinski definition) is 1. The zero-order valence-electron chi connectivity index (χ0n) is 15.1. The van der Waals surface area contributed by atoms with Crippen LogP contribution in [-0.4, -0.2) is 24.2 Å². The average Bonchev–Trinajstić information content (AvgIpc) is 3.16. The van der Waals surface area contributed by atoms with Gasteiger partial charge in [0.1, 0.15) is 5.82 Å². The number of nitrogens with one attached hydrogen (secondary N) is 1. The number of para-hydroxylation sites is 1. The van der Waals surface area contributed by atoms with E-state index in [9.17, 15) is 0 Å². The SMILES string of the molecule is COc1cccc(CNc2ccnc(-c3cc4ccccc4s3)n2)c1OC. The van der Waals surface area contributed by atoms with Crippen molar-refractivity contribution in [3.05, 3.63) is 66.4 Å². The van der Waals surface area contributed by atoms with Crippen LogP contribution in [0.4, 0.5) is 5.82 Å². The first-order valence-electron chi connectivity index (χ1n) is 8.54. The summed E-state index contributed by atoms with van der Waals surface area (Å²) in [5.41, 5.74) is 0.999. The van der Waals surface area contributed by atoms with Crippen molar-refractivity contribution in [3.8, 4) is 22.2 Å². The van der Waals surface area contributed by atoms with Gasteiger partial charge in [0.25, 0.3) is 0 Å². The molecule has 0 bridgehead atoms. The lowest BCUT2D eigenvalue weighted by atomic mass is 10.2. The van der Waals surface area contributed by atoms with E-state index in [1.54, 1.807) is 31.8 Å². The Morgan fingerprint density at radius 2 is 1.89 bits per heavy atom. The van der Waals surface area contributed by atoms with Crippen LogP contribution in [0.25, 0.3) is 20.8 Å². The van der Waals surface area contributed by atoms with Crippen LogP contribution in [0.5, 0.6) is 11.5 Å². The van der Waals surface area contributed by atoms with Gasteiger partial charge in [-0.05, 0) is 29.7 Å². The van der Waals surface area contributed by atoms with Crippen LogP contribution in [0.3, 0.4) is 0 Å². The Balaban J connectivity index is 1.57. The largest absolute Gasteiger partial charge is 0.493 e. The van der Waals surface area contributed by atoms with Crippen molar-refractivity contribution in [1.82, 2.24) is 9.97 Å². The predicted molar refractivity (Wildman–Crippen MR) is 110 cm³/mol. The monoisotopic (exact) mass is 377 g/mol. The third-order valence-corrected chi connectivity index (χ3v) is 5.36. The molecule has 0 spiro atoms. The standard InChI is InChI=1S/C21H19N3O2S/c1-25-16-8-5-7-15(20(16)26-2)13-23-19-10-11-22-21(24-19)18-12-14-6-3-4-9-17(14)27-18/h3-12H,13H2,1-2H3,(H,22,23,24). The van der Waals surface area contributed by atoms with Crippen LogP contribution in [-0.2, 0) is 6.54 Å². The molecule has 0 radical (unpaired) electrons. The van der Waals surface area contributed by atoms with Crippen molar-refractivity contribution >= 4 is 27.2 Å². The number of thiophene rings is 1. The first kappa shape index (κ1) is 17.3. The number of methoxy groups -OCH3 is 2. The zero-order valence-corrected chi connectivity index (χ0v) is 15.9. The second-order valence-corrected chi connectivity index (χ2v) is 7.00. The molecule has 0 aliphatic heterocycles. The maximum Gasteiger partial charge on any atom is 0.171 e. The Morgan fingerprint density at radius 1 is 1.00 bits per heavy atom. The zero-order chi connectivity index (χ0) is 18.6. The van der Waals surface area contributed by atoms with E-state index >= 15 is 0 Å². The molecule has 0 unspecified atom stereocenters. The number of benzene rings is 2. The average molecular weight is 377 g/mol. The maximum atomic E-state index is 5.49. The number of fused-ring (bicyclic) bond motifs is 1. The molecule has 6 heteroatoms. The number of aromatic nitrogens is 2. The van der Waals surface area contributed by atoms with Gasteiger partial charge in [-0.15, -0.1) is 11.3 Å². The fraction of sp³-hybridized carbons (Fsp3) is 0.143. The van der Waals surface area contributed by atoms with Crippen molar-refractivity contribution in [2.75, 3.05) is 19.5 Å². The summed E-state index contributed by atoms with van der Waals surface area (Å²) < 4.78 is 12.1. The van der Waals surface area contributed by atoms with Crippen LogP contribution in [0.1, 0.15) is 5.56 Å². The van der Waals surface area contributed by atoms with E-state index in [2.05, 4.69) is 33.5 Å². The van der Waals surface area contributed by atoms with Gasteiger partial charge < -0.3 is 14.8 Å². The fourth-order valence-corrected chi connectivity index (χ4v) is 3.95. The van der Waals surface area contributed by atoms with Gasteiger partial charge in [0.05, 0.1) is 19.1 Å². The quantitative estimate of drug-likeness (QED) is 0.513. The van der Waals surface area contributed by atoms with Gasteiger partial charge in [-0.3, -0.25) is 0 Å². The highest BCUT2D eigenvalue weighted by atomic mass is 32.1. The highest BCUT2D eigenvalue weighted by Gasteiger charge is 2.11. The predicted octanol–water partition coefficient (Wildman–Crippen LogP) is 4.99. The minimum atomic E-state index is 0.573. The lowest BCUT2D eigenvalue weighted by molar-refractivity contribution is 0.352. The Bertz CT molecular complexity index is 1040. The summed E-state index contributed by atoms with van der Waals surface area (Å²) in [5, 5.41) is 4.56. The molecular formula is C21H19N3O2S. The Labute approximate surface area is 161 Å².